The number of benzene rings is 1. The Morgan fingerprint density at radius 1 is 1.19 bits per heavy atom. The molecule has 2 atom stereocenters. The molecule has 0 saturated carbocycles. The quantitative estimate of drug-likeness (QED) is 0.746. The molecule has 0 aromatic heterocycles. The summed E-state index contributed by atoms with van der Waals surface area (Å²) in [7, 11) is -1.97. The van der Waals surface area contributed by atoms with E-state index in [1.165, 1.54) is 5.56 Å². The molecule has 16 heavy (non-hydrogen) atoms. The monoisotopic (exact) mass is 254 g/mol. The van der Waals surface area contributed by atoms with Crippen molar-refractivity contribution in [3.63, 3.8) is 0 Å². The Balaban J connectivity index is 2.74. The molecule has 1 aromatic carbocycles. The normalized spacial score (nSPS) is 15.8. The molecule has 1 rings (SSSR count). The summed E-state index contributed by atoms with van der Waals surface area (Å²) >= 11 is 0. The fourth-order valence-corrected chi connectivity index (χ4v) is 6.54. The summed E-state index contributed by atoms with van der Waals surface area (Å²) in [5, 5.41) is 0.273. The molecule has 0 saturated heterocycles. The van der Waals surface area contributed by atoms with Gasteiger partial charge in [0, 0.05) is 18.2 Å². The summed E-state index contributed by atoms with van der Waals surface area (Å²) in [6.07, 6.45) is 0. The van der Waals surface area contributed by atoms with E-state index in [4.69, 9.17) is 0 Å². The van der Waals surface area contributed by atoms with Gasteiger partial charge in [0.2, 0.25) is 0 Å². The lowest BCUT2D eigenvalue weighted by Crippen LogP contribution is -2.27. The third kappa shape index (κ3) is 4.22. The van der Waals surface area contributed by atoms with E-state index >= 15 is 0 Å². The van der Waals surface area contributed by atoms with Crippen LogP contribution in [0.1, 0.15) is 12.5 Å². The predicted molar refractivity (Wildman–Crippen MR) is 75.2 cm³/mol. The van der Waals surface area contributed by atoms with Gasteiger partial charge in [-0.2, -0.15) is 0 Å². The van der Waals surface area contributed by atoms with Gasteiger partial charge in [-0.3, -0.25) is 4.21 Å². The first-order valence-corrected chi connectivity index (χ1v) is 10.7. The molecule has 1 aromatic rings. The van der Waals surface area contributed by atoms with Crippen molar-refractivity contribution in [2.24, 2.45) is 0 Å². The van der Waals surface area contributed by atoms with Crippen LogP contribution in [0.25, 0.3) is 0 Å². The Morgan fingerprint density at radius 2 is 1.69 bits per heavy atom. The molecule has 90 valence electrons. The summed E-state index contributed by atoms with van der Waals surface area (Å²) in [6, 6.07) is 9.18. The topological polar surface area (TPSA) is 17.1 Å². The molecule has 0 aliphatic carbocycles. The zero-order valence-electron chi connectivity index (χ0n) is 10.9. The third-order valence-corrected chi connectivity index (χ3v) is 6.29. The van der Waals surface area contributed by atoms with E-state index in [1.807, 2.05) is 24.3 Å². The van der Waals surface area contributed by atoms with Crippen LogP contribution in [0.15, 0.2) is 29.2 Å². The highest BCUT2D eigenvalue weighted by Crippen LogP contribution is 2.20. The highest BCUT2D eigenvalue weighted by Gasteiger charge is 2.22. The summed E-state index contributed by atoms with van der Waals surface area (Å²) < 4.78 is 12.3. The lowest BCUT2D eigenvalue weighted by Gasteiger charge is -2.20. The Bertz CT molecular complexity index is 365. The van der Waals surface area contributed by atoms with Crippen LogP contribution >= 0.6 is 0 Å². The maximum Gasteiger partial charge on any atom is 0.0555 e. The van der Waals surface area contributed by atoms with E-state index in [0.717, 1.165) is 10.9 Å². The van der Waals surface area contributed by atoms with Gasteiger partial charge in [0.05, 0.1) is 10.8 Å². The lowest BCUT2D eigenvalue weighted by molar-refractivity contribution is 0.676. The average Bonchev–Trinajstić information content (AvgIpc) is 2.15. The van der Waals surface area contributed by atoms with Gasteiger partial charge in [-0.15, -0.1) is 0 Å². The van der Waals surface area contributed by atoms with Crippen molar-refractivity contribution in [1.29, 1.82) is 0 Å². The highest BCUT2D eigenvalue weighted by atomic mass is 32.2. The van der Waals surface area contributed by atoms with Gasteiger partial charge >= 0.3 is 0 Å². The van der Waals surface area contributed by atoms with Gasteiger partial charge in [0.1, 0.15) is 0 Å². The molecule has 0 radical (unpaired) electrons. The Morgan fingerprint density at radius 3 is 2.12 bits per heavy atom. The minimum atomic E-state index is -1.12. The summed E-state index contributed by atoms with van der Waals surface area (Å²) in [5.41, 5.74) is 1.22. The van der Waals surface area contributed by atoms with Gasteiger partial charge < -0.3 is 0 Å². The third-order valence-electron chi connectivity index (χ3n) is 2.52. The molecule has 0 amide bonds. The molecular formula is C13H22OSSi. The fraction of sp³-hybridized carbons (Fsp3) is 0.538. The van der Waals surface area contributed by atoms with Crippen LogP contribution in [0.2, 0.25) is 25.7 Å². The van der Waals surface area contributed by atoms with Gasteiger partial charge in [-0.05, 0) is 25.1 Å². The first kappa shape index (κ1) is 13.7. The van der Waals surface area contributed by atoms with Crippen molar-refractivity contribution in [2.75, 3.05) is 0 Å². The highest BCUT2D eigenvalue weighted by molar-refractivity contribution is 7.85. The van der Waals surface area contributed by atoms with Crippen LogP contribution in [0, 0.1) is 6.92 Å². The van der Waals surface area contributed by atoms with E-state index in [2.05, 4.69) is 33.5 Å². The van der Waals surface area contributed by atoms with E-state index in [9.17, 15) is 4.21 Å². The molecule has 0 N–H and O–H groups in total. The summed E-state index contributed by atoms with van der Waals surface area (Å²) in [6.45, 7) is 11.1. The first-order valence-electron chi connectivity index (χ1n) is 5.77. The second-order valence-corrected chi connectivity index (χ2v) is 13.1. The molecule has 0 heterocycles. The molecular weight excluding hydrogens is 232 g/mol. The van der Waals surface area contributed by atoms with Gasteiger partial charge in [-0.25, -0.2) is 0 Å². The van der Waals surface area contributed by atoms with Crippen LogP contribution < -0.4 is 0 Å². The van der Waals surface area contributed by atoms with Gasteiger partial charge in [0.25, 0.3) is 0 Å². The zero-order chi connectivity index (χ0) is 12.3. The van der Waals surface area contributed by atoms with Crippen molar-refractivity contribution in [1.82, 2.24) is 0 Å². The molecule has 0 spiro atoms. The van der Waals surface area contributed by atoms with Crippen molar-refractivity contribution in [3.05, 3.63) is 29.8 Å². The average molecular weight is 254 g/mol. The van der Waals surface area contributed by atoms with Crippen molar-refractivity contribution >= 4 is 18.9 Å². The van der Waals surface area contributed by atoms with Crippen LogP contribution in [-0.4, -0.2) is 17.5 Å². The number of hydrogen-bond donors (Lipinski definition) is 0. The second kappa shape index (κ2) is 5.28. The van der Waals surface area contributed by atoms with Crippen LogP contribution in [-0.2, 0) is 10.8 Å². The molecule has 0 unspecified atom stereocenters. The standard InChI is InChI=1S/C13H22OSSi/c1-11-6-8-13(9-7-11)15(14)12(2)10-16(3,4)5/h6-9,12H,10H2,1-5H3/t12-,15-/m1/s1. The Hall–Kier alpha value is -0.413. The SMILES string of the molecule is Cc1ccc([S@](=O)[C@H](C)C[Si](C)(C)C)cc1. The van der Waals surface area contributed by atoms with E-state index in [-0.39, 0.29) is 5.25 Å². The Labute approximate surface area is 103 Å². The van der Waals surface area contributed by atoms with Gasteiger partial charge in [-0.1, -0.05) is 44.3 Å². The maximum atomic E-state index is 12.3. The number of rotatable bonds is 4. The largest absolute Gasteiger partial charge is 0.254 e. The van der Waals surface area contributed by atoms with Crippen LogP contribution in [0.4, 0.5) is 0 Å². The zero-order valence-corrected chi connectivity index (χ0v) is 12.7. The molecule has 0 aliphatic heterocycles. The molecule has 0 bridgehead atoms. The van der Waals surface area contributed by atoms with E-state index in [1.54, 1.807) is 0 Å². The number of aryl methyl sites for hydroxylation is 1. The predicted octanol–water partition coefficient (Wildman–Crippen LogP) is 3.83. The van der Waals surface area contributed by atoms with Gasteiger partial charge in [0.15, 0.2) is 0 Å². The Kier molecular flexibility index (Phi) is 4.50. The second-order valence-electron chi connectivity index (χ2n) is 5.69. The summed E-state index contributed by atoms with van der Waals surface area (Å²) in [4.78, 5) is 0.969. The van der Waals surface area contributed by atoms with E-state index in [0.29, 0.717) is 0 Å². The van der Waals surface area contributed by atoms with Crippen molar-refractivity contribution in [2.45, 2.75) is 49.7 Å². The lowest BCUT2D eigenvalue weighted by atomic mass is 10.2. The summed E-state index contributed by atoms with van der Waals surface area (Å²) in [5.74, 6) is 0. The number of hydrogen-bond acceptors (Lipinski definition) is 1. The van der Waals surface area contributed by atoms with E-state index < -0.39 is 18.9 Å². The fourth-order valence-electron chi connectivity index (χ4n) is 1.84. The minimum Gasteiger partial charge on any atom is -0.254 e. The minimum absolute atomic E-state index is 0.273. The molecule has 0 aliphatic rings. The van der Waals surface area contributed by atoms with Crippen LogP contribution in [0.3, 0.4) is 0 Å². The smallest absolute Gasteiger partial charge is 0.0555 e. The van der Waals surface area contributed by atoms with Crippen molar-refractivity contribution < 1.29 is 4.21 Å². The first-order chi connectivity index (χ1) is 7.29. The maximum absolute atomic E-state index is 12.3. The molecule has 0 fully saturated rings. The molecule has 1 nitrogen and oxygen atoms in total. The molecule has 3 heteroatoms. The van der Waals surface area contributed by atoms with Crippen LogP contribution in [0.5, 0.6) is 0 Å². The van der Waals surface area contributed by atoms with Crippen molar-refractivity contribution in [3.8, 4) is 0 Å².